The van der Waals surface area contributed by atoms with Crippen LogP contribution in [-0.2, 0) is 6.61 Å². The zero-order valence-electron chi connectivity index (χ0n) is 11.6. The summed E-state index contributed by atoms with van der Waals surface area (Å²) in [6.45, 7) is 0.263. The predicted octanol–water partition coefficient (Wildman–Crippen LogP) is 2.32. The van der Waals surface area contributed by atoms with Gasteiger partial charge in [-0.15, -0.1) is 0 Å². The minimum absolute atomic E-state index is 0.107. The highest BCUT2D eigenvalue weighted by Crippen LogP contribution is 2.16. The van der Waals surface area contributed by atoms with Crippen LogP contribution in [0.1, 0.15) is 5.69 Å². The van der Waals surface area contributed by atoms with Crippen LogP contribution in [0.2, 0.25) is 0 Å². The first kappa shape index (κ1) is 13.2. The first-order valence-corrected chi connectivity index (χ1v) is 6.64. The Kier molecular flexibility index (Phi) is 3.55. The number of rotatable bonds is 4. The summed E-state index contributed by atoms with van der Waals surface area (Å²) in [5, 5.41) is 3.04. The van der Waals surface area contributed by atoms with E-state index in [1.54, 1.807) is 18.3 Å². The van der Waals surface area contributed by atoms with E-state index in [9.17, 15) is 4.79 Å². The molecule has 21 heavy (non-hydrogen) atoms. The largest absolute Gasteiger partial charge is 0.487 e. The van der Waals surface area contributed by atoms with Crippen molar-refractivity contribution in [3.8, 4) is 5.75 Å². The maximum absolute atomic E-state index is 12.0. The fourth-order valence-corrected chi connectivity index (χ4v) is 2.05. The Morgan fingerprint density at radius 1 is 1.19 bits per heavy atom. The Morgan fingerprint density at radius 3 is 2.76 bits per heavy atom. The van der Waals surface area contributed by atoms with Gasteiger partial charge in [0.25, 0.3) is 5.56 Å². The standard InChI is InChI=1S/C16H15N3O2/c1-17-12-5-7-14(8-6-12)21-11-13-10-16(20)19-9-3-2-4-15(19)18-13/h2-10,17H,11H2,1H3. The molecule has 0 aliphatic heterocycles. The van der Waals surface area contributed by atoms with Crippen LogP contribution in [0.3, 0.4) is 0 Å². The second-order valence-electron chi connectivity index (χ2n) is 4.58. The molecule has 2 heterocycles. The molecule has 0 atom stereocenters. The third-order valence-corrected chi connectivity index (χ3v) is 3.15. The molecule has 0 radical (unpaired) electrons. The van der Waals surface area contributed by atoms with Gasteiger partial charge in [0.15, 0.2) is 0 Å². The van der Waals surface area contributed by atoms with E-state index < -0.39 is 0 Å². The van der Waals surface area contributed by atoms with Gasteiger partial charge in [-0.1, -0.05) is 6.07 Å². The number of ether oxygens (including phenoxy) is 1. The third-order valence-electron chi connectivity index (χ3n) is 3.15. The third kappa shape index (κ3) is 2.86. The molecule has 5 nitrogen and oxygen atoms in total. The Morgan fingerprint density at radius 2 is 2.00 bits per heavy atom. The van der Waals surface area contributed by atoms with Crippen molar-refractivity contribution in [1.82, 2.24) is 9.38 Å². The molecule has 0 bridgehead atoms. The van der Waals surface area contributed by atoms with Crippen molar-refractivity contribution < 1.29 is 4.74 Å². The van der Waals surface area contributed by atoms with Gasteiger partial charge in [0.2, 0.25) is 0 Å². The SMILES string of the molecule is CNc1ccc(OCc2cc(=O)n3ccccc3n2)cc1. The molecule has 0 aliphatic rings. The van der Waals surface area contributed by atoms with Gasteiger partial charge in [0.05, 0.1) is 5.69 Å². The van der Waals surface area contributed by atoms with E-state index in [2.05, 4.69) is 10.3 Å². The van der Waals surface area contributed by atoms with E-state index in [-0.39, 0.29) is 12.2 Å². The van der Waals surface area contributed by atoms with Crippen LogP contribution < -0.4 is 15.6 Å². The normalized spacial score (nSPS) is 10.5. The number of nitrogens with one attached hydrogen (secondary N) is 1. The molecule has 2 aromatic heterocycles. The fraction of sp³-hybridized carbons (Fsp3) is 0.125. The van der Waals surface area contributed by atoms with E-state index in [4.69, 9.17) is 4.74 Å². The monoisotopic (exact) mass is 281 g/mol. The first-order valence-electron chi connectivity index (χ1n) is 6.64. The summed E-state index contributed by atoms with van der Waals surface area (Å²) >= 11 is 0. The lowest BCUT2D eigenvalue weighted by atomic mass is 10.3. The van der Waals surface area contributed by atoms with E-state index in [1.165, 1.54) is 10.5 Å². The number of benzene rings is 1. The number of hydrogen-bond acceptors (Lipinski definition) is 4. The van der Waals surface area contributed by atoms with Crippen molar-refractivity contribution in [2.75, 3.05) is 12.4 Å². The van der Waals surface area contributed by atoms with Gasteiger partial charge in [-0.2, -0.15) is 0 Å². The molecular formula is C16H15N3O2. The highest BCUT2D eigenvalue weighted by molar-refractivity contribution is 5.45. The maximum Gasteiger partial charge on any atom is 0.258 e. The van der Waals surface area contributed by atoms with Crippen LogP contribution >= 0.6 is 0 Å². The summed E-state index contributed by atoms with van der Waals surface area (Å²) < 4.78 is 7.16. The van der Waals surface area contributed by atoms with Gasteiger partial charge < -0.3 is 10.1 Å². The van der Waals surface area contributed by atoms with Gasteiger partial charge in [-0.25, -0.2) is 4.98 Å². The molecule has 1 N–H and O–H groups in total. The molecule has 0 fully saturated rings. The molecule has 1 aromatic carbocycles. The summed E-state index contributed by atoms with van der Waals surface area (Å²) in [6.07, 6.45) is 1.70. The van der Waals surface area contributed by atoms with Gasteiger partial charge in [0.1, 0.15) is 18.0 Å². The number of anilines is 1. The van der Waals surface area contributed by atoms with Crippen molar-refractivity contribution in [2.45, 2.75) is 6.61 Å². The maximum atomic E-state index is 12.0. The van der Waals surface area contributed by atoms with Crippen molar-refractivity contribution in [3.63, 3.8) is 0 Å². The van der Waals surface area contributed by atoms with Crippen LogP contribution in [0, 0.1) is 0 Å². The first-order chi connectivity index (χ1) is 10.3. The molecule has 3 rings (SSSR count). The van der Waals surface area contributed by atoms with Crippen molar-refractivity contribution in [2.24, 2.45) is 0 Å². The summed E-state index contributed by atoms with van der Waals surface area (Å²) in [7, 11) is 1.86. The lowest BCUT2D eigenvalue weighted by Crippen LogP contribution is -2.16. The molecule has 3 aromatic rings. The molecule has 0 unspecified atom stereocenters. The molecule has 0 saturated carbocycles. The molecule has 0 aliphatic carbocycles. The molecular weight excluding hydrogens is 266 g/mol. The summed E-state index contributed by atoms with van der Waals surface area (Å²) in [4.78, 5) is 16.4. The number of pyridine rings is 1. The van der Waals surface area contributed by atoms with Crippen LogP contribution in [0.5, 0.6) is 5.75 Å². The van der Waals surface area contributed by atoms with Crippen LogP contribution in [0.25, 0.3) is 5.65 Å². The zero-order valence-corrected chi connectivity index (χ0v) is 11.6. The van der Waals surface area contributed by atoms with E-state index >= 15 is 0 Å². The molecule has 0 saturated heterocycles. The number of hydrogen-bond donors (Lipinski definition) is 1. The second-order valence-corrected chi connectivity index (χ2v) is 4.58. The van der Waals surface area contributed by atoms with Crippen LogP contribution in [0.15, 0.2) is 59.5 Å². The minimum atomic E-state index is -0.107. The predicted molar refractivity (Wildman–Crippen MR) is 81.8 cm³/mol. The quantitative estimate of drug-likeness (QED) is 0.797. The van der Waals surface area contributed by atoms with Gasteiger partial charge in [-0.3, -0.25) is 9.20 Å². The van der Waals surface area contributed by atoms with Gasteiger partial charge >= 0.3 is 0 Å². The molecule has 5 heteroatoms. The average molecular weight is 281 g/mol. The van der Waals surface area contributed by atoms with Crippen LogP contribution in [0.4, 0.5) is 5.69 Å². The van der Waals surface area contributed by atoms with Crippen molar-refractivity contribution >= 4 is 11.3 Å². The lowest BCUT2D eigenvalue weighted by molar-refractivity contribution is 0.301. The summed E-state index contributed by atoms with van der Waals surface area (Å²) in [5.74, 6) is 0.740. The topological polar surface area (TPSA) is 55.6 Å². The summed E-state index contributed by atoms with van der Waals surface area (Å²) in [5.41, 5.74) is 2.15. The smallest absolute Gasteiger partial charge is 0.258 e. The lowest BCUT2D eigenvalue weighted by Gasteiger charge is -2.07. The summed E-state index contributed by atoms with van der Waals surface area (Å²) in [6, 6.07) is 14.6. The Hall–Kier alpha value is -2.82. The Bertz CT molecular complexity index is 810. The number of nitrogens with zero attached hydrogens (tertiary/aromatic N) is 2. The van der Waals surface area contributed by atoms with Crippen molar-refractivity contribution in [3.05, 3.63) is 70.8 Å². The average Bonchev–Trinajstić information content (AvgIpc) is 2.53. The second kappa shape index (κ2) is 5.66. The van der Waals surface area contributed by atoms with Crippen LogP contribution in [-0.4, -0.2) is 16.4 Å². The zero-order chi connectivity index (χ0) is 14.7. The number of fused-ring (bicyclic) bond motifs is 1. The van der Waals surface area contributed by atoms with Gasteiger partial charge in [0, 0.05) is 25.0 Å². The van der Waals surface area contributed by atoms with Gasteiger partial charge in [-0.05, 0) is 36.4 Å². The highest BCUT2D eigenvalue weighted by Gasteiger charge is 2.03. The number of aromatic nitrogens is 2. The highest BCUT2D eigenvalue weighted by atomic mass is 16.5. The Labute approximate surface area is 121 Å². The van der Waals surface area contributed by atoms with E-state index in [0.717, 1.165) is 11.4 Å². The van der Waals surface area contributed by atoms with E-state index in [1.807, 2.05) is 37.4 Å². The minimum Gasteiger partial charge on any atom is -0.487 e. The Balaban J connectivity index is 1.80. The van der Waals surface area contributed by atoms with Crippen molar-refractivity contribution in [1.29, 1.82) is 0 Å². The van der Waals surface area contributed by atoms with E-state index in [0.29, 0.717) is 11.3 Å². The fourth-order valence-electron chi connectivity index (χ4n) is 2.05. The molecule has 0 amide bonds. The molecule has 106 valence electrons. The molecule has 0 spiro atoms.